The van der Waals surface area contributed by atoms with E-state index >= 15 is 0 Å². The second kappa shape index (κ2) is 6.76. The van der Waals surface area contributed by atoms with Crippen LogP contribution in [-0.2, 0) is 0 Å². The Bertz CT molecular complexity index is 1100. The van der Waals surface area contributed by atoms with Gasteiger partial charge < -0.3 is 4.98 Å². The Hall–Kier alpha value is -3.53. The minimum Gasteiger partial charge on any atom is -0.306 e. The molecule has 26 heavy (non-hydrogen) atoms. The zero-order chi connectivity index (χ0) is 17.9. The zero-order valence-corrected chi connectivity index (χ0v) is 14.3. The summed E-state index contributed by atoms with van der Waals surface area (Å²) < 4.78 is 0. The standard InChI is InChI=1S/C22H17N3O/c1-15-7-9-16(10-8-15)18-11-19(14-23-13-18)20-12-21(26)25-22(24-20)17-5-3-2-4-6-17/h2-14H,1H3,(H,24,25,26). The van der Waals surface area contributed by atoms with Gasteiger partial charge in [-0.25, -0.2) is 4.98 Å². The highest BCUT2D eigenvalue weighted by Gasteiger charge is 2.08. The number of pyridine rings is 1. The van der Waals surface area contributed by atoms with Gasteiger partial charge in [0.15, 0.2) is 0 Å². The van der Waals surface area contributed by atoms with Crippen LogP contribution >= 0.6 is 0 Å². The van der Waals surface area contributed by atoms with Crippen LogP contribution in [0.5, 0.6) is 0 Å². The third-order valence-electron chi connectivity index (χ3n) is 4.21. The quantitative estimate of drug-likeness (QED) is 0.599. The first-order valence-electron chi connectivity index (χ1n) is 8.38. The second-order valence-corrected chi connectivity index (χ2v) is 6.17. The van der Waals surface area contributed by atoms with E-state index in [1.807, 2.05) is 42.6 Å². The van der Waals surface area contributed by atoms with Crippen LogP contribution in [-0.4, -0.2) is 15.0 Å². The lowest BCUT2D eigenvalue weighted by atomic mass is 10.0. The summed E-state index contributed by atoms with van der Waals surface area (Å²) in [6.07, 6.45) is 3.55. The first-order chi connectivity index (χ1) is 12.7. The van der Waals surface area contributed by atoms with Crippen molar-refractivity contribution in [3.8, 4) is 33.8 Å². The molecule has 2 aromatic heterocycles. The smallest absolute Gasteiger partial charge is 0.251 e. The van der Waals surface area contributed by atoms with Gasteiger partial charge in [0.05, 0.1) is 5.69 Å². The fraction of sp³-hybridized carbons (Fsp3) is 0.0455. The van der Waals surface area contributed by atoms with Gasteiger partial charge in [-0.15, -0.1) is 0 Å². The Morgan fingerprint density at radius 2 is 1.50 bits per heavy atom. The number of hydrogen-bond acceptors (Lipinski definition) is 3. The Morgan fingerprint density at radius 1 is 0.769 bits per heavy atom. The molecule has 0 saturated heterocycles. The molecular formula is C22H17N3O. The van der Waals surface area contributed by atoms with Crippen molar-refractivity contribution < 1.29 is 0 Å². The molecule has 1 N–H and O–H groups in total. The first kappa shape index (κ1) is 16.0. The Labute approximate surface area is 151 Å². The van der Waals surface area contributed by atoms with E-state index in [-0.39, 0.29) is 5.56 Å². The van der Waals surface area contributed by atoms with Gasteiger partial charge in [-0.3, -0.25) is 9.78 Å². The van der Waals surface area contributed by atoms with Crippen LogP contribution in [0, 0.1) is 6.92 Å². The van der Waals surface area contributed by atoms with Gasteiger partial charge in [0.25, 0.3) is 5.56 Å². The molecule has 0 aliphatic rings. The number of nitrogens with zero attached hydrogens (tertiary/aromatic N) is 2. The molecule has 0 unspecified atom stereocenters. The third-order valence-corrected chi connectivity index (χ3v) is 4.21. The van der Waals surface area contributed by atoms with Gasteiger partial charge in [-0.05, 0) is 18.6 Å². The number of benzene rings is 2. The fourth-order valence-electron chi connectivity index (χ4n) is 2.82. The lowest BCUT2D eigenvalue weighted by molar-refractivity contribution is 1.13. The number of aromatic amines is 1. The van der Waals surface area contributed by atoms with Crippen molar-refractivity contribution in [2.45, 2.75) is 6.92 Å². The molecule has 0 fully saturated rings. The monoisotopic (exact) mass is 339 g/mol. The highest BCUT2D eigenvalue weighted by Crippen LogP contribution is 2.25. The van der Waals surface area contributed by atoms with E-state index in [0.717, 1.165) is 22.3 Å². The van der Waals surface area contributed by atoms with E-state index in [2.05, 4.69) is 46.1 Å². The second-order valence-electron chi connectivity index (χ2n) is 6.17. The highest BCUT2D eigenvalue weighted by molar-refractivity contribution is 5.71. The molecule has 2 aromatic carbocycles. The number of aryl methyl sites for hydroxylation is 1. The molecule has 2 heterocycles. The van der Waals surface area contributed by atoms with Crippen LogP contribution in [0.2, 0.25) is 0 Å². The van der Waals surface area contributed by atoms with Crippen molar-refractivity contribution in [3.63, 3.8) is 0 Å². The van der Waals surface area contributed by atoms with Crippen LogP contribution in [0.4, 0.5) is 0 Å². The van der Waals surface area contributed by atoms with Crippen molar-refractivity contribution in [3.05, 3.63) is 95.0 Å². The highest BCUT2D eigenvalue weighted by atomic mass is 16.1. The molecule has 4 rings (SSSR count). The summed E-state index contributed by atoms with van der Waals surface area (Å²) in [7, 11) is 0. The molecule has 0 spiro atoms. The van der Waals surface area contributed by atoms with Crippen LogP contribution in [0.3, 0.4) is 0 Å². The largest absolute Gasteiger partial charge is 0.306 e. The third kappa shape index (κ3) is 3.30. The van der Waals surface area contributed by atoms with E-state index < -0.39 is 0 Å². The van der Waals surface area contributed by atoms with Crippen molar-refractivity contribution in [1.29, 1.82) is 0 Å². The van der Waals surface area contributed by atoms with Crippen molar-refractivity contribution in [2.75, 3.05) is 0 Å². The Balaban J connectivity index is 1.79. The molecule has 0 bridgehead atoms. The lowest BCUT2D eigenvalue weighted by Crippen LogP contribution is -2.08. The summed E-state index contributed by atoms with van der Waals surface area (Å²) in [5.41, 5.74) is 5.38. The average Bonchev–Trinajstić information content (AvgIpc) is 2.69. The minimum atomic E-state index is -0.186. The van der Waals surface area contributed by atoms with Gasteiger partial charge in [0, 0.05) is 35.2 Å². The topological polar surface area (TPSA) is 58.6 Å². The number of rotatable bonds is 3. The molecule has 0 amide bonds. The van der Waals surface area contributed by atoms with Gasteiger partial charge in [0.1, 0.15) is 5.82 Å². The molecule has 0 atom stereocenters. The summed E-state index contributed by atoms with van der Waals surface area (Å²) in [5, 5.41) is 0. The summed E-state index contributed by atoms with van der Waals surface area (Å²) in [4.78, 5) is 23.9. The number of nitrogens with one attached hydrogen (secondary N) is 1. The Kier molecular flexibility index (Phi) is 4.15. The van der Waals surface area contributed by atoms with Crippen molar-refractivity contribution in [2.24, 2.45) is 0 Å². The molecule has 126 valence electrons. The van der Waals surface area contributed by atoms with E-state index in [0.29, 0.717) is 11.5 Å². The average molecular weight is 339 g/mol. The van der Waals surface area contributed by atoms with Gasteiger partial charge in [0.2, 0.25) is 0 Å². The normalized spacial score (nSPS) is 10.7. The zero-order valence-electron chi connectivity index (χ0n) is 14.3. The lowest BCUT2D eigenvalue weighted by Gasteiger charge is -2.07. The maximum absolute atomic E-state index is 12.1. The maximum Gasteiger partial charge on any atom is 0.251 e. The molecule has 4 heteroatoms. The SMILES string of the molecule is Cc1ccc(-c2cncc(-c3cc(=O)[nH]c(-c4ccccc4)n3)c2)cc1. The predicted octanol–water partition coefficient (Wildman–Crippen LogP) is 4.47. The summed E-state index contributed by atoms with van der Waals surface area (Å²) >= 11 is 0. The molecule has 0 aliphatic carbocycles. The summed E-state index contributed by atoms with van der Waals surface area (Å²) in [5.74, 6) is 0.550. The summed E-state index contributed by atoms with van der Waals surface area (Å²) in [6, 6.07) is 21.4. The van der Waals surface area contributed by atoms with Crippen LogP contribution in [0.1, 0.15) is 5.56 Å². The van der Waals surface area contributed by atoms with Crippen LogP contribution in [0.15, 0.2) is 83.9 Å². The molecule has 0 aliphatic heterocycles. The van der Waals surface area contributed by atoms with E-state index in [1.165, 1.54) is 11.6 Å². The maximum atomic E-state index is 12.1. The molecular weight excluding hydrogens is 322 g/mol. The number of H-pyrrole nitrogens is 1. The van der Waals surface area contributed by atoms with Gasteiger partial charge in [-0.1, -0.05) is 60.2 Å². The van der Waals surface area contributed by atoms with Gasteiger partial charge in [-0.2, -0.15) is 0 Å². The molecule has 4 nitrogen and oxygen atoms in total. The van der Waals surface area contributed by atoms with Crippen molar-refractivity contribution in [1.82, 2.24) is 15.0 Å². The number of hydrogen-bond donors (Lipinski definition) is 1. The van der Waals surface area contributed by atoms with Crippen LogP contribution < -0.4 is 5.56 Å². The predicted molar refractivity (Wildman–Crippen MR) is 104 cm³/mol. The Morgan fingerprint density at radius 3 is 2.27 bits per heavy atom. The van der Waals surface area contributed by atoms with E-state index in [1.54, 1.807) is 6.20 Å². The van der Waals surface area contributed by atoms with Crippen LogP contribution in [0.25, 0.3) is 33.8 Å². The van der Waals surface area contributed by atoms with Crippen molar-refractivity contribution >= 4 is 0 Å². The number of aromatic nitrogens is 3. The minimum absolute atomic E-state index is 0.186. The molecule has 4 aromatic rings. The molecule has 0 radical (unpaired) electrons. The van der Waals surface area contributed by atoms with Gasteiger partial charge >= 0.3 is 0 Å². The molecule has 0 saturated carbocycles. The fourth-order valence-corrected chi connectivity index (χ4v) is 2.82. The summed E-state index contributed by atoms with van der Waals surface area (Å²) in [6.45, 7) is 2.06. The van der Waals surface area contributed by atoms with E-state index in [4.69, 9.17) is 0 Å². The van der Waals surface area contributed by atoms with E-state index in [9.17, 15) is 4.79 Å². The first-order valence-corrected chi connectivity index (χ1v) is 8.38.